The van der Waals surface area contributed by atoms with Crippen LogP contribution in [-0.2, 0) is 11.4 Å². The molecule has 0 spiro atoms. The Labute approximate surface area is 182 Å². The number of halogens is 1. The average Bonchev–Trinajstić information content (AvgIpc) is 3.04. The van der Waals surface area contributed by atoms with Gasteiger partial charge in [0.1, 0.15) is 12.3 Å². The molecule has 0 aliphatic carbocycles. The lowest BCUT2D eigenvalue weighted by atomic mass is 10.1. The van der Waals surface area contributed by atoms with Gasteiger partial charge in [-0.15, -0.1) is 0 Å². The number of carbonyl (C=O) groups is 2. The van der Waals surface area contributed by atoms with Gasteiger partial charge in [0.05, 0.1) is 11.1 Å². The SMILES string of the molecule is CCOc1cc(C=C2NC(=O)NC2=O)cc(Br)c1OCc1cccc2ccccc12. The van der Waals surface area contributed by atoms with Crippen molar-refractivity contribution in [1.82, 2.24) is 10.6 Å². The maximum Gasteiger partial charge on any atom is 0.326 e. The van der Waals surface area contributed by atoms with Crippen LogP contribution in [0.25, 0.3) is 16.8 Å². The molecule has 0 atom stereocenters. The number of benzene rings is 3. The lowest BCUT2D eigenvalue weighted by molar-refractivity contribution is -0.115. The highest BCUT2D eigenvalue weighted by Gasteiger charge is 2.23. The Morgan fingerprint density at radius 1 is 1.00 bits per heavy atom. The number of imide groups is 1. The zero-order chi connectivity index (χ0) is 21.1. The van der Waals surface area contributed by atoms with Gasteiger partial charge in [0.2, 0.25) is 0 Å². The molecule has 30 heavy (non-hydrogen) atoms. The first kappa shape index (κ1) is 20.0. The number of rotatable bonds is 6. The van der Waals surface area contributed by atoms with E-state index in [9.17, 15) is 9.59 Å². The molecule has 1 aliphatic heterocycles. The van der Waals surface area contributed by atoms with Crippen LogP contribution in [0.3, 0.4) is 0 Å². The summed E-state index contributed by atoms with van der Waals surface area (Å²) >= 11 is 3.55. The molecule has 1 aliphatic rings. The molecule has 0 saturated carbocycles. The predicted molar refractivity (Wildman–Crippen MR) is 118 cm³/mol. The average molecular weight is 467 g/mol. The first-order valence-electron chi connectivity index (χ1n) is 9.45. The van der Waals surface area contributed by atoms with Crippen molar-refractivity contribution in [2.24, 2.45) is 0 Å². The van der Waals surface area contributed by atoms with Crippen LogP contribution in [0.5, 0.6) is 11.5 Å². The molecule has 4 rings (SSSR count). The zero-order valence-corrected chi connectivity index (χ0v) is 17.8. The third-order valence-electron chi connectivity index (χ3n) is 4.61. The molecule has 0 aromatic heterocycles. The van der Waals surface area contributed by atoms with E-state index in [0.29, 0.717) is 34.7 Å². The van der Waals surface area contributed by atoms with Crippen LogP contribution in [-0.4, -0.2) is 18.5 Å². The topological polar surface area (TPSA) is 76.7 Å². The summed E-state index contributed by atoms with van der Waals surface area (Å²) in [5.74, 6) is 0.654. The van der Waals surface area contributed by atoms with Gasteiger partial charge in [0, 0.05) is 0 Å². The summed E-state index contributed by atoms with van der Waals surface area (Å²) in [5, 5.41) is 6.95. The molecule has 2 N–H and O–H groups in total. The van der Waals surface area contributed by atoms with Gasteiger partial charge in [0.25, 0.3) is 5.91 Å². The molecule has 7 heteroatoms. The molecule has 0 radical (unpaired) electrons. The Bertz CT molecular complexity index is 1170. The van der Waals surface area contributed by atoms with E-state index in [1.54, 1.807) is 12.1 Å². The molecular weight excluding hydrogens is 448 g/mol. The van der Waals surface area contributed by atoms with Gasteiger partial charge >= 0.3 is 6.03 Å². The number of carbonyl (C=O) groups excluding carboxylic acids is 2. The number of nitrogens with one attached hydrogen (secondary N) is 2. The molecule has 0 unspecified atom stereocenters. The Morgan fingerprint density at radius 3 is 2.57 bits per heavy atom. The minimum atomic E-state index is -0.537. The lowest BCUT2D eigenvalue weighted by Gasteiger charge is -2.15. The van der Waals surface area contributed by atoms with Gasteiger partial charge < -0.3 is 14.8 Å². The van der Waals surface area contributed by atoms with Crippen molar-refractivity contribution in [3.05, 3.63) is 75.9 Å². The van der Waals surface area contributed by atoms with Crippen LogP contribution < -0.4 is 20.1 Å². The third-order valence-corrected chi connectivity index (χ3v) is 5.20. The normalized spacial score (nSPS) is 14.7. The number of hydrogen-bond acceptors (Lipinski definition) is 4. The molecule has 1 fully saturated rings. The van der Waals surface area contributed by atoms with Crippen LogP contribution in [0.1, 0.15) is 18.1 Å². The Morgan fingerprint density at radius 2 is 1.80 bits per heavy atom. The van der Waals surface area contributed by atoms with Crippen LogP contribution in [0, 0.1) is 0 Å². The second-order valence-electron chi connectivity index (χ2n) is 6.66. The van der Waals surface area contributed by atoms with E-state index < -0.39 is 11.9 Å². The smallest absolute Gasteiger partial charge is 0.326 e. The van der Waals surface area contributed by atoms with Crippen molar-refractivity contribution >= 4 is 44.7 Å². The molecular formula is C23H19BrN2O4. The highest BCUT2D eigenvalue weighted by molar-refractivity contribution is 9.10. The second kappa shape index (κ2) is 8.59. The van der Waals surface area contributed by atoms with Gasteiger partial charge in [-0.25, -0.2) is 4.79 Å². The molecule has 1 heterocycles. The second-order valence-corrected chi connectivity index (χ2v) is 7.51. The maximum absolute atomic E-state index is 11.8. The van der Waals surface area contributed by atoms with Gasteiger partial charge in [-0.05, 0) is 63.0 Å². The number of fused-ring (bicyclic) bond motifs is 1. The van der Waals surface area contributed by atoms with E-state index in [-0.39, 0.29) is 5.70 Å². The van der Waals surface area contributed by atoms with Crippen LogP contribution >= 0.6 is 15.9 Å². The van der Waals surface area contributed by atoms with Gasteiger partial charge in [0.15, 0.2) is 11.5 Å². The quantitative estimate of drug-likeness (QED) is 0.405. The molecule has 3 amide bonds. The number of urea groups is 1. The van der Waals surface area contributed by atoms with E-state index in [1.165, 1.54) is 0 Å². The summed E-state index contributed by atoms with van der Waals surface area (Å²) in [6.07, 6.45) is 1.59. The minimum Gasteiger partial charge on any atom is -0.490 e. The number of hydrogen-bond donors (Lipinski definition) is 2. The minimum absolute atomic E-state index is 0.179. The first-order chi connectivity index (χ1) is 14.5. The van der Waals surface area contributed by atoms with Crippen LogP contribution in [0.15, 0.2) is 64.8 Å². The highest BCUT2D eigenvalue weighted by Crippen LogP contribution is 2.38. The zero-order valence-electron chi connectivity index (χ0n) is 16.2. The van der Waals surface area contributed by atoms with Gasteiger partial charge in [-0.1, -0.05) is 42.5 Å². The van der Waals surface area contributed by atoms with Crippen LogP contribution in [0.2, 0.25) is 0 Å². The van der Waals surface area contributed by atoms with Crippen molar-refractivity contribution in [2.75, 3.05) is 6.61 Å². The monoisotopic (exact) mass is 466 g/mol. The van der Waals surface area contributed by atoms with Crippen molar-refractivity contribution in [1.29, 1.82) is 0 Å². The third kappa shape index (κ3) is 4.16. The van der Waals surface area contributed by atoms with E-state index in [4.69, 9.17) is 9.47 Å². The number of amides is 3. The Balaban J connectivity index is 1.63. The standard InChI is InChI=1S/C23H19BrN2O4/c1-2-29-20-12-14(11-19-22(27)26-23(28)25-19)10-18(24)21(20)30-13-16-8-5-7-15-6-3-4-9-17(15)16/h3-12H,2,13H2,1H3,(H2,25,26,27,28). The summed E-state index contributed by atoms with van der Waals surface area (Å²) in [6.45, 7) is 2.71. The Kier molecular flexibility index (Phi) is 5.72. The van der Waals surface area contributed by atoms with Crippen molar-refractivity contribution in [3.63, 3.8) is 0 Å². The van der Waals surface area contributed by atoms with E-state index >= 15 is 0 Å². The predicted octanol–water partition coefficient (Wildman–Crippen LogP) is 4.76. The number of ether oxygens (including phenoxy) is 2. The van der Waals surface area contributed by atoms with Crippen LogP contribution in [0.4, 0.5) is 4.79 Å². The van der Waals surface area contributed by atoms with E-state index in [1.807, 2.05) is 37.3 Å². The van der Waals surface area contributed by atoms with Crippen molar-refractivity contribution in [3.8, 4) is 11.5 Å². The fourth-order valence-electron chi connectivity index (χ4n) is 3.29. The van der Waals surface area contributed by atoms with E-state index in [2.05, 4.69) is 44.8 Å². The van der Waals surface area contributed by atoms with Gasteiger partial charge in [-0.2, -0.15) is 0 Å². The summed E-state index contributed by atoms with van der Waals surface area (Å²) in [7, 11) is 0. The fourth-order valence-corrected chi connectivity index (χ4v) is 3.87. The lowest BCUT2D eigenvalue weighted by Crippen LogP contribution is -2.22. The summed E-state index contributed by atoms with van der Waals surface area (Å²) in [5.41, 5.74) is 1.94. The summed E-state index contributed by atoms with van der Waals surface area (Å²) < 4.78 is 12.6. The first-order valence-corrected chi connectivity index (χ1v) is 10.2. The molecule has 1 saturated heterocycles. The maximum atomic E-state index is 11.8. The van der Waals surface area contributed by atoms with Crippen molar-refractivity contribution < 1.29 is 19.1 Å². The fraction of sp³-hybridized carbons (Fsp3) is 0.130. The van der Waals surface area contributed by atoms with Gasteiger partial charge in [-0.3, -0.25) is 10.1 Å². The summed E-state index contributed by atoms with van der Waals surface area (Å²) in [4.78, 5) is 23.1. The molecule has 3 aromatic rings. The highest BCUT2D eigenvalue weighted by atomic mass is 79.9. The largest absolute Gasteiger partial charge is 0.490 e. The molecule has 6 nitrogen and oxygen atoms in total. The molecule has 3 aromatic carbocycles. The van der Waals surface area contributed by atoms with Crippen molar-refractivity contribution in [2.45, 2.75) is 13.5 Å². The Hall–Kier alpha value is -3.32. The molecule has 0 bridgehead atoms. The summed E-state index contributed by atoms with van der Waals surface area (Å²) in [6, 6.07) is 17.3. The van der Waals surface area contributed by atoms with E-state index in [0.717, 1.165) is 16.3 Å². The molecule has 152 valence electrons.